The number of nitrogens with two attached hydrogens (primary N) is 2. The van der Waals surface area contributed by atoms with Gasteiger partial charge in [-0.1, -0.05) is 0 Å². The highest BCUT2D eigenvalue weighted by atomic mass is 19.1. The molecule has 2 heterocycles. The quantitative estimate of drug-likeness (QED) is 0.890. The van der Waals surface area contributed by atoms with E-state index in [-0.39, 0.29) is 5.82 Å². The van der Waals surface area contributed by atoms with Crippen molar-refractivity contribution in [2.45, 2.75) is 25.7 Å². The molecule has 2 aromatic rings. The van der Waals surface area contributed by atoms with Crippen molar-refractivity contribution in [3.8, 4) is 11.3 Å². The van der Waals surface area contributed by atoms with E-state index in [1.165, 1.54) is 32.0 Å². The average Bonchev–Trinajstić information content (AvgIpc) is 3.03. The number of aryl methyl sites for hydroxylation is 1. The number of hydrogen-bond donors (Lipinski definition) is 2. The predicted octanol–water partition coefficient (Wildman–Crippen LogP) is 3.08. The number of pyridine rings is 1. The van der Waals surface area contributed by atoms with Gasteiger partial charge in [0.15, 0.2) is 0 Å². The molecule has 5 heteroatoms. The summed E-state index contributed by atoms with van der Waals surface area (Å²) in [5, 5.41) is 0. The van der Waals surface area contributed by atoms with E-state index in [4.69, 9.17) is 11.5 Å². The standard InChI is InChI=1S/C18H23FN4/c19-15-11-13(4-3-9-23-7-1-2-8-23)10-14(12-15)18-17(21)16(20)5-6-22-18/h5-6,10-12H,1-4,7-9,21H2,(H2,20,22). The van der Waals surface area contributed by atoms with E-state index in [1.807, 2.05) is 6.07 Å². The number of aromatic nitrogens is 1. The molecule has 0 spiro atoms. The maximum Gasteiger partial charge on any atom is 0.124 e. The first-order valence-corrected chi connectivity index (χ1v) is 8.15. The van der Waals surface area contributed by atoms with Gasteiger partial charge in [-0.15, -0.1) is 0 Å². The number of nitrogens with zero attached hydrogens (tertiary/aromatic N) is 2. The van der Waals surface area contributed by atoms with Crippen LogP contribution >= 0.6 is 0 Å². The number of likely N-dealkylation sites (tertiary alicyclic amines) is 1. The number of benzene rings is 1. The van der Waals surface area contributed by atoms with Crippen LogP contribution in [0.2, 0.25) is 0 Å². The molecule has 0 bridgehead atoms. The molecule has 1 aromatic heterocycles. The molecular formula is C18H23FN4. The summed E-state index contributed by atoms with van der Waals surface area (Å²) in [6, 6.07) is 6.67. The zero-order valence-electron chi connectivity index (χ0n) is 13.3. The van der Waals surface area contributed by atoms with Crippen LogP contribution in [0.1, 0.15) is 24.8 Å². The number of halogens is 1. The van der Waals surface area contributed by atoms with E-state index < -0.39 is 0 Å². The molecule has 1 aliphatic rings. The van der Waals surface area contributed by atoms with Gasteiger partial charge in [0.1, 0.15) is 5.82 Å². The third kappa shape index (κ3) is 3.79. The Balaban J connectivity index is 1.74. The minimum Gasteiger partial charge on any atom is -0.397 e. The van der Waals surface area contributed by atoms with E-state index in [0.29, 0.717) is 22.6 Å². The monoisotopic (exact) mass is 314 g/mol. The Kier molecular flexibility index (Phi) is 4.76. The molecule has 1 saturated heterocycles. The molecule has 4 N–H and O–H groups in total. The van der Waals surface area contributed by atoms with Crippen molar-refractivity contribution in [3.05, 3.63) is 41.8 Å². The van der Waals surface area contributed by atoms with Crippen molar-refractivity contribution in [2.75, 3.05) is 31.1 Å². The van der Waals surface area contributed by atoms with Gasteiger partial charge in [0.2, 0.25) is 0 Å². The van der Waals surface area contributed by atoms with E-state index in [0.717, 1.165) is 24.9 Å². The van der Waals surface area contributed by atoms with Crippen LogP contribution in [0.5, 0.6) is 0 Å². The van der Waals surface area contributed by atoms with Crippen LogP contribution < -0.4 is 11.5 Å². The summed E-state index contributed by atoms with van der Waals surface area (Å²) < 4.78 is 14.0. The molecule has 23 heavy (non-hydrogen) atoms. The van der Waals surface area contributed by atoms with Crippen molar-refractivity contribution >= 4 is 11.4 Å². The van der Waals surface area contributed by atoms with Crippen molar-refractivity contribution in [3.63, 3.8) is 0 Å². The first-order chi connectivity index (χ1) is 11.1. The van der Waals surface area contributed by atoms with Crippen LogP contribution in [0, 0.1) is 5.82 Å². The molecule has 3 rings (SSSR count). The third-order valence-corrected chi connectivity index (χ3v) is 4.39. The predicted molar refractivity (Wildman–Crippen MR) is 92.5 cm³/mol. The van der Waals surface area contributed by atoms with Gasteiger partial charge in [0, 0.05) is 11.8 Å². The second-order valence-electron chi connectivity index (χ2n) is 6.16. The summed E-state index contributed by atoms with van der Waals surface area (Å²) in [7, 11) is 0. The molecule has 0 radical (unpaired) electrons. The molecule has 122 valence electrons. The van der Waals surface area contributed by atoms with Gasteiger partial charge in [-0.05, 0) is 75.1 Å². The van der Waals surface area contributed by atoms with Gasteiger partial charge in [0.25, 0.3) is 0 Å². The van der Waals surface area contributed by atoms with Gasteiger partial charge >= 0.3 is 0 Å². The van der Waals surface area contributed by atoms with Crippen LogP contribution in [0.3, 0.4) is 0 Å². The molecule has 1 aromatic carbocycles. The molecule has 0 atom stereocenters. The number of anilines is 2. The van der Waals surface area contributed by atoms with Gasteiger partial charge in [-0.2, -0.15) is 0 Å². The fourth-order valence-electron chi connectivity index (χ4n) is 3.16. The molecule has 1 aliphatic heterocycles. The van der Waals surface area contributed by atoms with Gasteiger partial charge < -0.3 is 16.4 Å². The first-order valence-electron chi connectivity index (χ1n) is 8.15. The fourth-order valence-corrected chi connectivity index (χ4v) is 3.16. The lowest BCUT2D eigenvalue weighted by atomic mass is 10.0. The van der Waals surface area contributed by atoms with Crippen LogP contribution in [0.25, 0.3) is 11.3 Å². The first kappa shape index (κ1) is 15.7. The third-order valence-electron chi connectivity index (χ3n) is 4.39. The number of rotatable bonds is 5. The van der Waals surface area contributed by atoms with E-state index in [9.17, 15) is 4.39 Å². The maximum atomic E-state index is 14.0. The summed E-state index contributed by atoms with van der Waals surface area (Å²) in [6.07, 6.45) is 6.07. The van der Waals surface area contributed by atoms with Gasteiger partial charge in [-0.3, -0.25) is 4.98 Å². The largest absolute Gasteiger partial charge is 0.397 e. The smallest absolute Gasteiger partial charge is 0.124 e. The highest BCUT2D eigenvalue weighted by Gasteiger charge is 2.12. The summed E-state index contributed by atoms with van der Waals surface area (Å²) >= 11 is 0. The second-order valence-corrected chi connectivity index (χ2v) is 6.16. The molecule has 0 unspecified atom stereocenters. The highest BCUT2D eigenvalue weighted by molar-refractivity contribution is 5.81. The van der Waals surface area contributed by atoms with Gasteiger partial charge in [-0.25, -0.2) is 4.39 Å². The molecular weight excluding hydrogens is 291 g/mol. The van der Waals surface area contributed by atoms with Crippen LogP contribution in [-0.2, 0) is 6.42 Å². The van der Waals surface area contributed by atoms with Crippen molar-refractivity contribution in [1.29, 1.82) is 0 Å². The van der Waals surface area contributed by atoms with Crippen molar-refractivity contribution in [2.24, 2.45) is 0 Å². The Hall–Kier alpha value is -2.14. The minimum atomic E-state index is -0.262. The minimum absolute atomic E-state index is 0.262. The zero-order valence-corrected chi connectivity index (χ0v) is 13.3. The number of hydrogen-bond acceptors (Lipinski definition) is 4. The highest BCUT2D eigenvalue weighted by Crippen LogP contribution is 2.29. The molecule has 0 aliphatic carbocycles. The Morgan fingerprint density at radius 3 is 2.70 bits per heavy atom. The lowest BCUT2D eigenvalue weighted by molar-refractivity contribution is 0.334. The zero-order chi connectivity index (χ0) is 16.2. The van der Waals surface area contributed by atoms with Crippen LogP contribution in [0.4, 0.5) is 15.8 Å². The lowest BCUT2D eigenvalue weighted by Crippen LogP contribution is -2.20. The second kappa shape index (κ2) is 6.96. The normalized spacial score (nSPS) is 15.2. The molecule has 0 amide bonds. The molecule has 0 saturated carbocycles. The maximum absolute atomic E-state index is 14.0. The van der Waals surface area contributed by atoms with E-state index in [2.05, 4.69) is 9.88 Å². The Labute approximate surface area is 136 Å². The van der Waals surface area contributed by atoms with Crippen LogP contribution in [-0.4, -0.2) is 29.5 Å². The summed E-state index contributed by atoms with van der Waals surface area (Å²) in [4.78, 5) is 6.72. The van der Waals surface area contributed by atoms with Crippen molar-refractivity contribution < 1.29 is 4.39 Å². The lowest BCUT2D eigenvalue weighted by Gasteiger charge is -2.14. The Bertz CT molecular complexity index is 681. The van der Waals surface area contributed by atoms with E-state index >= 15 is 0 Å². The summed E-state index contributed by atoms with van der Waals surface area (Å²) in [6.45, 7) is 3.46. The van der Waals surface area contributed by atoms with Crippen molar-refractivity contribution in [1.82, 2.24) is 9.88 Å². The SMILES string of the molecule is Nc1ccnc(-c2cc(F)cc(CCCN3CCCC3)c2)c1N. The average molecular weight is 314 g/mol. The Morgan fingerprint density at radius 1 is 1.13 bits per heavy atom. The van der Waals surface area contributed by atoms with Crippen LogP contribution in [0.15, 0.2) is 30.5 Å². The number of nitrogen functional groups attached to an aromatic ring is 2. The van der Waals surface area contributed by atoms with E-state index in [1.54, 1.807) is 18.3 Å². The Morgan fingerprint density at radius 2 is 1.91 bits per heavy atom. The summed E-state index contributed by atoms with van der Waals surface area (Å²) in [5.74, 6) is -0.262. The fraction of sp³-hybridized carbons (Fsp3) is 0.389. The molecule has 4 nitrogen and oxygen atoms in total. The molecule has 1 fully saturated rings. The topological polar surface area (TPSA) is 68.2 Å². The summed E-state index contributed by atoms with van der Waals surface area (Å²) in [5.41, 5.74) is 14.9. The van der Waals surface area contributed by atoms with Gasteiger partial charge in [0.05, 0.1) is 17.1 Å².